The molecule has 0 amide bonds. The van der Waals surface area contributed by atoms with Crippen molar-refractivity contribution in [3.63, 3.8) is 0 Å². The molecule has 156 valence electrons. The number of fused-ring (bicyclic) bond motifs is 1. The molecule has 1 fully saturated rings. The molecular formula is C23H25N3O3S. The number of ketones is 1. The van der Waals surface area contributed by atoms with Gasteiger partial charge < -0.3 is 9.04 Å². The predicted octanol–water partition coefficient (Wildman–Crippen LogP) is 5.10. The minimum atomic E-state index is -0.620. The lowest BCUT2D eigenvalue weighted by molar-refractivity contribution is 0.0541. The van der Waals surface area contributed by atoms with Gasteiger partial charge in [-0.25, -0.2) is 9.36 Å². The van der Waals surface area contributed by atoms with E-state index in [9.17, 15) is 9.59 Å². The Morgan fingerprint density at radius 1 is 1.17 bits per heavy atom. The standard InChI is InChI=1S/C23H25N3O3S/c1-15-20(21(27)16-13-25(30-14-16)17-8-7-11-24-12-17)18-9-5-6-10-19(18)26(15)22(28)29-23(2,3)4/h5-12,16H,13-14H2,1-4H3. The molecule has 7 heteroatoms. The first kappa shape index (κ1) is 20.5. The van der Waals surface area contributed by atoms with Crippen molar-refractivity contribution < 1.29 is 14.3 Å². The number of hydrogen-bond donors (Lipinski definition) is 0. The topological polar surface area (TPSA) is 64.4 Å². The summed E-state index contributed by atoms with van der Waals surface area (Å²) in [5.41, 5.74) is 2.30. The van der Waals surface area contributed by atoms with Gasteiger partial charge in [-0.05, 0) is 57.8 Å². The fourth-order valence-corrected chi connectivity index (χ4v) is 4.91. The lowest BCUT2D eigenvalue weighted by atomic mass is 9.96. The summed E-state index contributed by atoms with van der Waals surface area (Å²) in [5, 5.41) is 0.788. The highest BCUT2D eigenvalue weighted by atomic mass is 32.2. The van der Waals surface area contributed by atoms with E-state index in [1.165, 1.54) is 4.57 Å². The maximum atomic E-state index is 13.6. The van der Waals surface area contributed by atoms with Crippen LogP contribution < -0.4 is 4.31 Å². The normalized spacial score (nSPS) is 16.8. The number of rotatable bonds is 3. The number of para-hydroxylation sites is 1. The molecule has 0 spiro atoms. The molecule has 2 aromatic heterocycles. The monoisotopic (exact) mass is 423 g/mol. The molecular weight excluding hydrogens is 398 g/mol. The van der Waals surface area contributed by atoms with Gasteiger partial charge in [-0.3, -0.25) is 9.78 Å². The van der Waals surface area contributed by atoms with Crippen LogP contribution in [0.4, 0.5) is 10.5 Å². The van der Waals surface area contributed by atoms with Gasteiger partial charge in [-0.1, -0.05) is 18.2 Å². The third-order valence-electron chi connectivity index (χ3n) is 5.06. The van der Waals surface area contributed by atoms with Crippen LogP contribution in [0.15, 0.2) is 48.8 Å². The Hall–Kier alpha value is -2.80. The number of benzene rings is 1. The Bertz CT molecular complexity index is 1100. The largest absolute Gasteiger partial charge is 0.443 e. The average molecular weight is 424 g/mol. The third kappa shape index (κ3) is 3.81. The maximum absolute atomic E-state index is 13.6. The van der Waals surface area contributed by atoms with Crippen molar-refractivity contribution in [2.24, 2.45) is 5.92 Å². The molecule has 6 nitrogen and oxygen atoms in total. The van der Waals surface area contributed by atoms with E-state index in [4.69, 9.17) is 4.74 Å². The molecule has 0 saturated carbocycles. The average Bonchev–Trinajstić information content (AvgIpc) is 3.29. The zero-order valence-corrected chi connectivity index (χ0v) is 18.4. The Labute approximate surface area is 180 Å². The molecule has 0 radical (unpaired) electrons. The summed E-state index contributed by atoms with van der Waals surface area (Å²) in [6.07, 6.45) is 3.08. The van der Waals surface area contributed by atoms with E-state index in [-0.39, 0.29) is 11.7 Å². The Balaban J connectivity index is 1.68. The first-order valence-electron chi connectivity index (χ1n) is 9.94. The summed E-state index contributed by atoms with van der Waals surface area (Å²) in [6, 6.07) is 11.4. The predicted molar refractivity (Wildman–Crippen MR) is 120 cm³/mol. The highest BCUT2D eigenvalue weighted by Gasteiger charge is 2.34. The van der Waals surface area contributed by atoms with Crippen molar-refractivity contribution in [2.75, 3.05) is 16.6 Å². The summed E-state index contributed by atoms with van der Waals surface area (Å²) in [7, 11) is 0. The number of nitrogens with zero attached hydrogens (tertiary/aromatic N) is 3. The molecule has 1 aliphatic heterocycles. The van der Waals surface area contributed by atoms with Crippen molar-refractivity contribution in [2.45, 2.75) is 33.3 Å². The van der Waals surface area contributed by atoms with E-state index < -0.39 is 11.7 Å². The zero-order valence-electron chi connectivity index (χ0n) is 17.6. The van der Waals surface area contributed by atoms with Crippen LogP contribution in [0, 0.1) is 12.8 Å². The number of anilines is 1. The highest BCUT2D eigenvalue weighted by Crippen LogP contribution is 2.35. The van der Waals surface area contributed by atoms with Gasteiger partial charge in [0.2, 0.25) is 0 Å². The number of ether oxygens (including phenoxy) is 1. The minimum Gasteiger partial charge on any atom is -0.443 e. The summed E-state index contributed by atoms with van der Waals surface area (Å²) in [5.74, 6) is 0.593. The lowest BCUT2D eigenvalue weighted by Gasteiger charge is -2.20. The summed E-state index contributed by atoms with van der Waals surface area (Å²) in [6.45, 7) is 7.93. The van der Waals surface area contributed by atoms with Crippen LogP contribution in [0.25, 0.3) is 10.9 Å². The van der Waals surface area contributed by atoms with E-state index in [2.05, 4.69) is 9.29 Å². The molecule has 1 aromatic carbocycles. The Morgan fingerprint density at radius 2 is 1.93 bits per heavy atom. The smallest absolute Gasteiger partial charge is 0.419 e. The second-order valence-electron chi connectivity index (χ2n) is 8.42. The van der Waals surface area contributed by atoms with Crippen molar-refractivity contribution >= 4 is 40.4 Å². The fourth-order valence-electron chi connectivity index (χ4n) is 3.75. The van der Waals surface area contributed by atoms with Crippen LogP contribution >= 0.6 is 11.9 Å². The number of hydrogen-bond acceptors (Lipinski definition) is 6. The number of Topliss-reactive ketones (excluding diaryl/α,β-unsaturated/α-hetero) is 1. The molecule has 1 saturated heterocycles. The fraction of sp³-hybridized carbons (Fsp3) is 0.348. The van der Waals surface area contributed by atoms with Crippen LogP contribution in [0.2, 0.25) is 0 Å². The van der Waals surface area contributed by atoms with Gasteiger partial charge in [0.25, 0.3) is 0 Å². The molecule has 3 heterocycles. The highest BCUT2D eigenvalue weighted by molar-refractivity contribution is 8.00. The van der Waals surface area contributed by atoms with Gasteiger partial charge in [-0.2, -0.15) is 0 Å². The molecule has 30 heavy (non-hydrogen) atoms. The van der Waals surface area contributed by atoms with Gasteiger partial charge in [-0.15, -0.1) is 0 Å². The second kappa shape index (κ2) is 7.80. The van der Waals surface area contributed by atoms with Crippen LogP contribution in [0.1, 0.15) is 36.8 Å². The molecule has 0 aliphatic carbocycles. The van der Waals surface area contributed by atoms with Crippen LogP contribution in [0.3, 0.4) is 0 Å². The molecule has 3 aromatic rings. The summed E-state index contributed by atoms with van der Waals surface area (Å²) < 4.78 is 9.23. The number of aromatic nitrogens is 2. The second-order valence-corrected chi connectivity index (χ2v) is 9.45. The van der Waals surface area contributed by atoms with Gasteiger partial charge in [0.15, 0.2) is 5.78 Å². The van der Waals surface area contributed by atoms with E-state index >= 15 is 0 Å². The van der Waals surface area contributed by atoms with E-state index in [0.717, 1.165) is 11.1 Å². The summed E-state index contributed by atoms with van der Waals surface area (Å²) in [4.78, 5) is 30.6. The first-order valence-corrected chi connectivity index (χ1v) is 10.9. The number of pyridine rings is 1. The van der Waals surface area contributed by atoms with E-state index in [1.807, 2.05) is 64.1 Å². The molecule has 0 N–H and O–H groups in total. The molecule has 0 bridgehead atoms. The van der Waals surface area contributed by atoms with Gasteiger partial charge in [0.1, 0.15) is 5.60 Å². The zero-order chi connectivity index (χ0) is 21.5. The molecule has 1 unspecified atom stereocenters. The third-order valence-corrected chi connectivity index (χ3v) is 6.28. The van der Waals surface area contributed by atoms with Gasteiger partial charge >= 0.3 is 6.09 Å². The minimum absolute atomic E-state index is 0.0601. The van der Waals surface area contributed by atoms with Gasteiger partial charge in [0, 0.05) is 35.1 Å². The number of carbonyl (C=O) groups is 2. The van der Waals surface area contributed by atoms with Crippen molar-refractivity contribution in [3.8, 4) is 0 Å². The molecule has 1 atom stereocenters. The maximum Gasteiger partial charge on any atom is 0.419 e. The number of carbonyl (C=O) groups excluding carboxylic acids is 2. The van der Waals surface area contributed by atoms with Crippen molar-refractivity contribution in [1.82, 2.24) is 9.55 Å². The van der Waals surface area contributed by atoms with Crippen LogP contribution in [0.5, 0.6) is 0 Å². The Morgan fingerprint density at radius 3 is 2.63 bits per heavy atom. The molecule has 4 rings (SSSR count). The van der Waals surface area contributed by atoms with E-state index in [0.29, 0.717) is 29.1 Å². The van der Waals surface area contributed by atoms with E-state index in [1.54, 1.807) is 24.3 Å². The quantitative estimate of drug-likeness (QED) is 0.432. The van der Waals surface area contributed by atoms with Crippen molar-refractivity contribution in [3.05, 3.63) is 60.0 Å². The Kier molecular flexibility index (Phi) is 5.32. The van der Waals surface area contributed by atoms with Gasteiger partial charge in [0.05, 0.1) is 23.3 Å². The van der Waals surface area contributed by atoms with Crippen LogP contribution in [-0.4, -0.2) is 39.3 Å². The van der Waals surface area contributed by atoms with Crippen LogP contribution in [-0.2, 0) is 4.74 Å². The first-order chi connectivity index (χ1) is 14.3. The van der Waals surface area contributed by atoms with Crippen molar-refractivity contribution in [1.29, 1.82) is 0 Å². The summed E-state index contributed by atoms with van der Waals surface area (Å²) >= 11 is 1.63. The SMILES string of the molecule is Cc1c(C(=O)C2CSN(c3cccnc3)C2)c2ccccc2n1C(=O)OC(C)(C)C. The molecule has 1 aliphatic rings. The lowest BCUT2D eigenvalue weighted by Crippen LogP contribution is -2.28.